The second-order valence-electron chi connectivity index (χ2n) is 9.84. The number of aromatic nitrogens is 3. The number of carbonyl (C=O) groups is 1. The molecule has 0 saturated carbocycles. The normalized spacial score (nSPS) is 16.2. The third-order valence-electron chi connectivity index (χ3n) is 7.19. The molecule has 4 heterocycles. The van der Waals surface area contributed by atoms with Gasteiger partial charge in [0.2, 0.25) is 5.89 Å². The van der Waals surface area contributed by atoms with Gasteiger partial charge in [-0.1, -0.05) is 6.07 Å². The van der Waals surface area contributed by atoms with Gasteiger partial charge < -0.3 is 25.5 Å². The van der Waals surface area contributed by atoms with E-state index in [-0.39, 0.29) is 46.5 Å². The van der Waals surface area contributed by atoms with Crippen molar-refractivity contribution in [1.29, 1.82) is 0 Å². The van der Waals surface area contributed by atoms with Crippen molar-refractivity contribution in [1.82, 2.24) is 19.9 Å². The molecule has 0 spiro atoms. The van der Waals surface area contributed by atoms with Crippen LogP contribution in [0.3, 0.4) is 0 Å². The van der Waals surface area contributed by atoms with Crippen molar-refractivity contribution in [2.45, 2.75) is 38.0 Å². The van der Waals surface area contributed by atoms with Crippen molar-refractivity contribution < 1.29 is 27.1 Å². The van der Waals surface area contributed by atoms with Crippen LogP contribution in [0.4, 0.5) is 13.2 Å². The molecule has 12 heteroatoms. The minimum atomic E-state index is -4.63. The number of oxazole rings is 1. The molecule has 4 N–H and O–H groups in total. The number of carbonyl (C=O) groups excluding carboxylic acids is 1. The van der Waals surface area contributed by atoms with Gasteiger partial charge in [0.05, 0.1) is 18.8 Å². The highest BCUT2D eigenvalue weighted by Gasteiger charge is 2.34. The van der Waals surface area contributed by atoms with Crippen LogP contribution >= 0.6 is 0 Å². The third kappa shape index (κ3) is 5.24. The minimum absolute atomic E-state index is 0.00503. The Balaban J connectivity index is 1.44. The number of hydrogen-bond acceptors (Lipinski definition) is 8. The zero-order chi connectivity index (χ0) is 28.6. The molecule has 3 aromatic heterocycles. The van der Waals surface area contributed by atoms with Crippen LogP contribution in [0.15, 0.2) is 53.1 Å². The van der Waals surface area contributed by atoms with E-state index in [2.05, 4.69) is 15.0 Å². The minimum Gasteiger partial charge on any atom is -0.494 e. The molecule has 1 aliphatic heterocycles. The topological polar surface area (TPSA) is 133 Å². The summed E-state index contributed by atoms with van der Waals surface area (Å²) in [4.78, 5) is 27.9. The molecule has 5 rings (SSSR count). The lowest BCUT2D eigenvalue weighted by Gasteiger charge is -2.34. The fourth-order valence-electron chi connectivity index (χ4n) is 5.04. The third-order valence-corrected chi connectivity index (χ3v) is 7.19. The molecule has 1 fully saturated rings. The summed E-state index contributed by atoms with van der Waals surface area (Å²) < 4.78 is 51.2. The number of hydrogen-bond donors (Lipinski definition) is 2. The fourth-order valence-corrected chi connectivity index (χ4v) is 5.04. The van der Waals surface area contributed by atoms with E-state index in [9.17, 15) is 18.0 Å². The average molecular weight is 555 g/mol. The first-order valence-electron chi connectivity index (χ1n) is 12.9. The maximum absolute atomic E-state index is 13.6. The Bertz CT molecular complexity index is 1520. The molecular formula is C28H29F3N6O3. The number of piperidine rings is 1. The first kappa shape index (κ1) is 27.5. The quantitative estimate of drug-likeness (QED) is 0.344. The van der Waals surface area contributed by atoms with Crippen LogP contribution in [-0.4, -0.2) is 46.0 Å². The molecule has 0 bridgehead atoms. The van der Waals surface area contributed by atoms with E-state index in [0.717, 1.165) is 11.8 Å². The van der Waals surface area contributed by atoms with E-state index in [1.165, 1.54) is 19.2 Å². The molecule has 4 aromatic rings. The summed E-state index contributed by atoms with van der Waals surface area (Å²) in [6, 6.07) is 10.0. The SMILES string of the molecule is COc1ccc(-c2nc(C(=O)N3CCC(C(N)c4ccccn4)CC3)c([C@@H](C)N)o2)c2ccc(C(F)(F)F)nc12. The zero-order valence-corrected chi connectivity index (χ0v) is 22.0. The number of fused-ring (bicyclic) bond motifs is 1. The molecule has 9 nitrogen and oxygen atoms in total. The number of likely N-dealkylation sites (tertiary alicyclic amines) is 1. The van der Waals surface area contributed by atoms with Gasteiger partial charge in [-0.15, -0.1) is 0 Å². The Hall–Kier alpha value is -4.03. The molecule has 40 heavy (non-hydrogen) atoms. The number of ether oxygens (including phenoxy) is 1. The Labute approximate surface area is 228 Å². The molecule has 1 aromatic carbocycles. The van der Waals surface area contributed by atoms with Gasteiger partial charge in [0.15, 0.2) is 11.5 Å². The molecule has 1 aliphatic rings. The number of methoxy groups -OCH3 is 1. The van der Waals surface area contributed by atoms with Crippen LogP contribution in [0.1, 0.15) is 59.5 Å². The number of pyridine rings is 2. The first-order chi connectivity index (χ1) is 19.1. The van der Waals surface area contributed by atoms with Gasteiger partial charge in [0, 0.05) is 36.3 Å². The highest BCUT2D eigenvalue weighted by Crippen LogP contribution is 2.38. The fraction of sp³-hybridized carbons (Fsp3) is 0.357. The van der Waals surface area contributed by atoms with Crippen LogP contribution in [0, 0.1) is 5.92 Å². The second-order valence-corrected chi connectivity index (χ2v) is 9.84. The number of alkyl halides is 3. The van der Waals surface area contributed by atoms with E-state index in [0.29, 0.717) is 36.9 Å². The number of halogens is 3. The Kier molecular flexibility index (Phi) is 7.47. The van der Waals surface area contributed by atoms with Crippen LogP contribution in [-0.2, 0) is 6.18 Å². The van der Waals surface area contributed by atoms with Gasteiger partial charge in [-0.3, -0.25) is 9.78 Å². The van der Waals surface area contributed by atoms with Crippen molar-refractivity contribution in [3.8, 4) is 17.2 Å². The summed E-state index contributed by atoms with van der Waals surface area (Å²) in [5.41, 5.74) is 12.8. The largest absolute Gasteiger partial charge is 0.494 e. The summed E-state index contributed by atoms with van der Waals surface area (Å²) in [6.45, 7) is 2.61. The van der Waals surface area contributed by atoms with E-state index in [1.54, 1.807) is 24.1 Å². The van der Waals surface area contributed by atoms with Gasteiger partial charge in [-0.2, -0.15) is 13.2 Å². The van der Waals surface area contributed by atoms with Crippen LogP contribution in [0.2, 0.25) is 0 Å². The van der Waals surface area contributed by atoms with Crippen molar-refractivity contribution in [2.24, 2.45) is 17.4 Å². The molecule has 0 radical (unpaired) electrons. The predicted octanol–water partition coefficient (Wildman–Crippen LogP) is 4.88. The van der Waals surface area contributed by atoms with Crippen LogP contribution in [0.5, 0.6) is 5.75 Å². The van der Waals surface area contributed by atoms with Gasteiger partial charge in [0.1, 0.15) is 17.0 Å². The predicted molar refractivity (Wildman–Crippen MR) is 141 cm³/mol. The molecule has 1 unspecified atom stereocenters. The molecule has 2 atom stereocenters. The van der Waals surface area contributed by atoms with E-state index < -0.39 is 17.9 Å². The molecule has 1 amide bonds. The molecular weight excluding hydrogens is 525 g/mol. The van der Waals surface area contributed by atoms with Crippen molar-refractivity contribution in [2.75, 3.05) is 20.2 Å². The lowest BCUT2D eigenvalue weighted by atomic mass is 9.88. The van der Waals surface area contributed by atoms with E-state index in [4.69, 9.17) is 20.6 Å². The van der Waals surface area contributed by atoms with E-state index in [1.807, 2.05) is 18.2 Å². The lowest BCUT2D eigenvalue weighted by Crippen LogP contribution is -2.41. The average Bonchev–Trinajstić information content (AvgIpc) is 3.41. The van der Waals surface area contributed by atoms with Gasteiger partial charge in [0.25, 0.3) is 5.91 Å². The molecule has 210 valence electrons. The number of nitrogens with zero attached hydrogens (tertiary/aromatic N) is 4. The van der Waals surface area contributed by atoms with Crippen molar-refractivity contribution in [3.63, 3.8) is 0 Å². The highest BCUT2D eigenvalue weighted by atomic mass is 19.4. The summed E-state index contributed by atoms with van der Waals surface area (Å²) in [7, 11) is 1.35. The smallest absolute Gasteiger partial charge is 0.433 e. The monoisotopic (exact) mass is 554 g/mol. The molecule has 1 saturated heterocycles. The highest BCUT2D eigenvalue weighted by molar-refractivity contribution is 5.98. The lowest BCUT2D eigenvalue weighted by molar-refractivity contribution is -0.140. The Morgan fingerprint density at radius 1 is 1.10 bits per heavy atom. The molecule has 0 aliphatic carbocycles. The first-order valence-corrected chi connectivity index (χ1v) is 12.9. The Morgan fingerprint density at radius 3 is 2.48 bits per heavy atom. The standard InChI is InChI=1S/C28H29F3N6O3/c1-15(32)25-24(27(38)37-13-10-16(11-14-37)22(33)19-5-3-4-12-34-19)36-26(40-25)18-6-8-20(39-2)23-17(18)7-9-21(35-23)28(29,30)31/h3-9,12,15-16,22H,10-11,13-14,32-33H2,1-2H3/t15-,22?/m1/s1. The summed E-state index contributed by atoms with van der Waals surface area (Å²) in [6.07, 6.45) is -1.53. The number of amides is 1. The van der Waals surface area contributed by atoms with Crippen molar-refractivity contribution >= 4 is 16.8 Å². The van der Waals surface area contributed by atoms with Gasteiger partial charge in [-0.05, 0) is 62.1 Å². The maximum atomic E-state index is 13.6. The van der Waals surface area contributed by atoms with Gasteiger partial charge >= 0.3 is 6.18 Å². The number of benzene rings is 1. The Morgan fingerprint density at radius 2 is 1.85 bits per heavy atom. The summed E-state index contributed by atoms with van der Waals surface area (Å²) in [5, 5.41) is 0.327. The number of nitrogens with two attached hydrogens (primary N) is 2. The summed E-state index contributed by atoms with van der Waals surface area (Å²) in [5.74, 6) is 0.238. The van der Waals surface area contributed by atoms with Crippen LogP contribution < -0.4 is 16.2 Å². The van der Waals surface area contributed by atoms with Crippen molar-refractivity contribution in [3.05, 3.63) is 71.5 Å². The second kappa shape index (κ2) is 10.9. The zero-order valence-electron chi connectivity index (χ0n) is 22.0. The summed E-state index contributed by atoms with van der Waals surface area (Å²) >= 11 is 0. The number of rotatable bonds is 6. The van der Waals surface area contributed by atoms with E-state index >= 15 is 0 Å². The maximum Gasteiger partial charge on any atom is 0.433 e. The van der Waals surface area contributed by atoms with Gasteiger partial charge in [-0.25, -0.2) is 9.97 Å². The van der Waals surface area contributed by atoms with Crippen LogP contribution in [0.25, 0.3) is 22.4 Å².